The van der Waals surface area contributed by atoms with Gasteiger partial charge < -0.3 is 19.7 Å². The molecule has 0 fully saturated rings. The summed E-state index contributed by atoms with van der Waals surface area (Å²) in [5.41, 5.74) is 6.76. The zero-order valence-corrected chi connectivity index (χ0v) is 13.6. The lowest BCUT2D eigenvalue weighted by atomic mass is 10.2. The third-order valence-electron chi connectivity index (χ3n) is 2.82. The molecule has 1 aromatic carbocycles. The minimum absolute atomic E-state index is 0.374. The molecule has 0 saturated heterocycles. The summed E-state index contributed by atoms with van der Waals surface area (Å²) in [5, 5.41) is 3.91. The maximum absolute atomic E-state index is 5.96. The highest BCUT2D eigenvalue weighted by Gasteiger charge is 2.16. The highest BCUT2D eigenvalue weighted by molar-refractivity contribution is 9.10. The number of halogens is 1. The van der Waals surface area contributed by atoms with E-state index >= 15 is 0 Å². The van der Waals surface area contributed by atoms with Gasteiger partial charge >= 0.3 is 0 Å². The van der Waals surface area contributed by atoms with Gasteiger partial charge in [0.05, 0.1) is 24.2 Å². The summed E-state index contributed by atoms with van der Waals surface area (Å²) in [4.78, 5) is 4.31. The molecule has 0 spiro atoms. The lowest BCUT2D eigenvalue weighted by molar-refractivity contribution is 0.119. The molecule has 0 saturated carbocycles. The second-order valence-electron chi connectivity index (χ2n) is 4.49. The van der Waals surface area contributed by atoms with Crippen molar-refractivity contribution in [2.45, 2.75) is 19.4 Å². The predicted molar refractivity (Wildman–Crippen MR) is 82.0 cm³/mol. The molecular weight excluding hydrogens is 338 g/mol. The first kappa shape index (κ1) is 15.9. The summed E-state index contributed by atoms with van der Waals surface area (Å²) in [6.45, 7) is 3.09. The molecule has 21 heavy (non-hydrogen) atoms. The molecule has 7 heteroatoms. The molecule has 0 aliphatic rings. The summed E-state index contributed by atoms with van der Waals surface area (Å²) in [7, 11) is 1.61. The fraction of sp³-hybridized carbons (Fsp3) is 0.429. The van der Waals surface area contributed by atoms with Gasteiger partial charge in [-0.3, -0.25) is 0 Å². The van der Waals surface area contributed by atoms with E-state index < -0.39 is 6.04 Å². The van der Waals surface area contributed by atoms with Crippen molar-refractivity contribution in [1.29, 1.82) is 0 Å². The van der Waals surface area contributed by atoms with E-state index in [1.807, 2.05) is 25.1 Å². The molecule has 2 N–H and O–H groups in total. The number of methoxy groups -OCH3 is 1. The molecule has 1 aromatic heterocycles. The van der Waals surface area contributed by atoms with E-state index in [1.165, 1.54) is 0 Å². The Balaban J connectivity index is 2.10. The van der Waals surface area contributed by atoms with E-state index in [0.29, 0.717) is 24.9 Å². The zero-order valence-electron chi connectivity index (χ0n) is 12.0. The van der Waals surface area contributed by atoms with Crippen LogP contribution in [0.15, 0.2) is 27.2 Å². The van der Waals surface area contributed by atoms with E-state index in [2.05, 4.69) is 26.1 Å². The van der Waals surface area contributed by atoms with Crippen molar-refractivity contribution >= 4 is 15.9 Å². The molecule has 114 valence electrons. The van der Waals surface area contributed by atoms with Crippen LogP contribution in [-0.2, 0) is 4.74 Å². The number of hydrogen-bond donors (Lipinski definition) is 1. The van der Waals surface area contributed by atoms with Crippen molar-refractivity contribution < 1.29 is 14.0 Å². The lowest BCUT2D eigenvalue weighted by Gasteiger charge is -2.06. The Hall–Kier alpha value is -1.44. The molecule has 0 aliphatic heterocycles. The molecule has 2 rings (SSSR count). The van der Waals surface area contributed by atoms with Crippen LogP contribution in [0.3, 0.4) is 0 Å². The van der Waals surface area contributed by atoms with Crippen molar-refractivity contribution in [2.75, 3.05) is 20.3 Å². The minimum Gasteiger partial charge on any atom is -0.496 e. The van der Waals surface area contributed by atoms with Crippen molar-refractivity contribution in [1.82, 2.24) is 10.1 Å². The van der Waals surface area contributed by atoms with Crippen LogP contribution in [-0.4, -0.2) is 30.5 Å². The number of ether oxygens (including phenoxy) is 2. The van der Waals surface area contributed by atoms with Gasteiger partial charge in [0.25, 0.3) is 5.89 Å². The van der Waals surface area contributed by atoms with E-state index in [9.17, 15) is 0 Å². The standard InChI is InChI=1S/C14H18BrN3O3/c1-3-6-20-8-11(16)13-17-14(21-18-13)9-4-5-12(19-2)10(15)7-9/h4-5,7,11H,3,6,8,16H2,1-2H3. The van der Waals surface area contributed by atoms with E-state index in [0.717, 1.165) is 22.2 Å². The maximum atomic E-state index is 5.96. The van der Waals surface area contributed by atoms with Crippen LogP contribution >= 0.6 is 15.9 Å². The number of nitrogens with two attached hydrogens (primary N) is 1. The summed E-state index contributed by atoms with van der Waals surface area (Å²) in [6, 6.07) is 5.14. The molecular formula is C14H18BrN3O3. The van der Waals surface area contributed by atoms with Crippen LogP contribution < -0.4 is 10.5 Å². The normalized spacial score (nSPS) is 12.4. The summed E-state index contributed by atoms with van der Waals surface area (Å²) >= 11 is 3.42. The van der Waals surface area contributed by atoms with Gasteiger partial charge in [0.15, 0.2) is 5.82 Å². The zero-order chi connectivity index (χ0) is 15.2. The average molecular weight is 356 g/mol. The molecule has 0 radical (unpaired) electrons. The summed E-state index contributed by atoms with van der Waals surface area (Å²) in [6.07, 6.45) is 0.949. The second kappa shape index (κ2) is 7.53. The summed E-state index contributed by atoms with van der Waals surface area (Å²) < 4.78 is 16.6. The van der Waals surface area contributed by atoms with Crippen molar-refractivity contribution in [3.05, 3.63) is 28.5 Å². The molecule has 1 heterocycles. The SMILES string of the molecule is CCCOCC(N)c1noc(-c2ccc(OC)c(Br)c2)n1. The molecule has 0 bridgehead atoms. The van der Waals surface area contributed by atoms with Crippen LogP contribution in [0.4, 0.5) is 0 Å². The van der Waals surface area contributed by atoms with E-state index in [-0.39, 0.29) is 0 Å². The monoisotopic (exact) mass is 355 g/mol. The fourth-order valence-electron chi connectivity index (χ4n) is 1.73. The Morgan fingerprint density at radius 3 is 2.90 bits per heavy atom. The van der Waals surface area contributed by atoms with Gasteiger partial charge in [-0.2, -0.15) is 4.98 Å². The molecule has 0 amide bonds. The van der Waals surface area contributed by atoms with Crippen LogP contribution in [0.25, 0.3) is 11.5 Å². The molecule has 2 aromatic rings. The maximum Gasteiger partial charge on any atom is 0.258 e. The topological polar surface area (TPSA) is 83.4 Å². The Kier molecular flexibility index (Phi) is 5.72. The Morgan fingerprint density at radius 1 is 1.43 bits per heavy atom. The van der Waals surface area contributed by atoms with E-state index in [4.69, 9.17) is 19.7 Å². The van der Waals surface area contributed by atoms with Gasteiger partial charge in [0.1, 0.15) is 5.75 Å². The second-order valence-corrected chi connectivity index (χ2v) is 5.34. The number of nitrogens with zero attached hydrogens (tertiary/aromatic N) is 2. The first-order chi connectivity index (χ1) is 10.2. The largest absolute Gasteiger partial charge is 0.496 e. The van der Waals surface area contributed by atoms with Gasteiger partial charge in [-0.1, -0.05) is 12.1 Å². The van der Waals surface area contributed by atoms with E-state index in [1.54, 1.807) is 7.11 Å². The van der Waals surface area contributed by atoms with Crippen LogP contribution in [0, 0.1) is 0 Å². The predicted octanol–water partition coefficient (Wildman–Crippen LogP) is 2.93. The highest BCUT2D eigenvalue weighted by Crippen LogP contribution is 2.30. The minimum atomic E-state index is -0.393. The molecule has 1 unspecified atom stereocenters. The third-order valence-corrected chi connectivity index (χ3v) is 3.44. The first-order valence-corrected chi connectivity index (χ1v) is 7.45. The number of benzene rings is 1. The third kappa shape index (κ3) is 4.03. The van der Waals surface area contributed by atoms with Crippen molar-refractivity contribution in [2.24, 2.45) is 5.73 Å². The van der Waals surface area contributed by atoms with Crippen molar-refractivity contribution in [3.8, 4) is 17.2 Å². The Morgan fingerprint density at radius 2 is 2.24 bits per heavy atom. The van der Waals surface area contributed by atoms with Crippen molar-refractivity contribution in [3.63, 3.8) is 0 Å². The van der Waals surface area contributed by atoms with Gasteiger partial charge in [-0.05, 0) is 40.5 Å². The van der Waals surface area contributed by atoms with Gasteiger partial charge in [0.2, 0.25) is 0 Å². The lowest BCUT2D eigenvalue weighted by Crippen LogP contribution is -2.18. The Labute approximate surface area is 131 Å². The van der Waals surface area contributed by atoms with Gasteiger partial charge in [-0.15, -0.1) is 0 Å². The molecule has 1 atom stereocenters. The number of hydrogen-bond acceptors (Lipinski definition) is 6. The first-order valence-electron chi connectivity index (χ1n) is 6.66. The van der Waals surface area contributed by atoms with Crippen LogP contribution in [0.5, 0.6) is 5.75 Å². The molecule has 0 aliphatic carbocycles. The van der Waals surface area contributed by atoms with Gasteiger partial charge in [-0.25, -0.2) is 0 Å². The number of aromatic nitrogens is 2. The average Bonchev–Trinajstić information content (AvgIpc) is 2.97. The fourth-order valence-corrected chi connectivity index (χ4v) is 2.27. The van der Waals surface area contributed by atoms with Crippen LogP contribution in [0.1, 0.15) is 25.2 Å². The summed E-state index contributed by atoms with van der Waals surface area (Å²) in [5.74, 6) is 1.59. The Bertz CT molecular complexity index is 589. The smallest absolute Gasteiger partial charge is 0.258 e. The van der Waals surface area contributed by atoms with Crippen LogP contribution in [0.2, 0.25) is 0 Å². The molecule has 6 nitrogen and oxygen atoms in total. The number of rotatable bonds is 7. The quantitative estimate of drug-likeness (QED) is 0.768. The highest BCUT2D eigenvalue weighted by atomic mass is 79.9. The van der Waals surface area contributed by atoms with Gasteiger partial charge in [0, 0.05) is 12.2 Å².